The molecule has 3 N–H and O–H groups in total. The number of benzene rings is 1. The molecule has 0 radical (unpaired) electrons. The highest BCUT2D eigenvalue weighted by Gasteiger charge is 2.35. The van der Waals surface area contributed by atoms with E-state index >= 15 is 0 Å². The minimum absolute atomic E-state index is 0.167. The van der Waals surface area contributed by atoms with Gasteiger partial charge < -0.3 is 16.0 Å². The first-order valence-electron chi connectivity index (χ1n) is 12.3. The van der Waals surface area contributed by atoms with Crippen molar-refractivity contribution in [2.24, 2.45) is 0 Å². The molecule has 190 valence electrons. The van der Waals surface area contributed by atoms with Gasteiger partial charge in [-0.2, -0.15) is 0 Å². The van der Waals surface area contributed by atoms with Crippen LogP contribution in [-0.4, -0.2) is 39.9 Å². The maximum atomic E-state index is 13.5. The van der Waals surface area contributed by atoms with E-state index in [0.29, 0.717) is 32.2 Å². The Morgan fingerprint density at radius 2 is 1.82 bits per heavy atom. The molecule has 4 amide bonds. The van der Waals surface area contributed by atoms with Crippen molar-refractivity contribution in [2.75, 3.05) is 10.2 Å². The zero-order valence-electron chi connectivity index (χ0n) is 20.3. The van der Waals surface area contributed by atoms with Gasteiger partial charge in [0, 0.05) is 30.0 Å². The van der Waals surface area contributed by atoms with Gasteiger partial charge in [0.05, 0.1) is 28.1 Å². The second-order valence-electron chi connectivity index (χ2n) is 9.18. The number of carbonyl (C=O) groups excluding carboxylic acids is 3. The molecule has 2 aliphatic rings. The van der Waals surface area contributed by atoms with Crippen LogP contribution in [0.4, 0.5) is 21.9 Å². The largest absolute Gasteiger partial charge is 0.348 e. The maximum Gasteiger partial charge on any atom is 0.331 e. The molecular formula is C28H24N6O3S. The van der Waals surface area contributed by atoms with Crippen LogP contribution in [0.15, 0.2) is 73.6 Å². The molecule has 0 bridgehead atoms. The summed E-state index contributed by atoms with van der Waals surface area (Å²) in [6, 6.07) is 14.4. The minimum Gasteiger partial charge on any atom is -0.348 e. The van der Waals surface area contributed by atoms with Gasteiger partial charge in [0.2, 0.25) is 5.91 Å². The van der Waals surface area contributed by atoms with Crippen LogP contribution in [0.25, 0.3) is 21.5 Å². The van der Waals surface area contributed by atoms with Gasteiger partial charge in [0.15, 0.2) is 0 Å². The van der Waals surface area contributed by atoms with E-state index in [1.807, 2.05) is 36.4 Å². The third-order valence-electron chi connectivity index (χ3n) is 6.87. The van der Waals surface area contributed by atoms with Crippen LogP contribution in [0, 0.1) is 0 Å². The number of rotatable bonds is 6. The SMILES string of the molecule is C=CC(=O)N[C@@H]1CCCC1NC(=O)c1sc2nccc3c2c1NC(=O)N3c1ccnc(-c2ccccc2)c1. The number of nitrogens with zero attached hydrogens (tertiary/aromatic N) is 3. The van der Waals surface area contributed by atoms with Gasteiger partial charge in [-0.15, -0.1) is 11.3 Å². The summed E-state index contributed by atoms with van der Waals surface area (Å²) < 4.78 is 0. The smallest absolute Gasteiger partial charge is 0.331 e. The predicted molar refractivity (Wildman–Crippen MR) is 148 cm³/mol. The zero-order chi connectivity index (χ0) is 26.2. The Hall–Kier alpha value is -4.57. The molecule has 10 heteroatoms. The molecule has 1 unspecified atom stereocenters. The average molecular weight is 525 g/mol. The van der Waals surface area contributed by atoms with Crippen LogP contribution < -0.4 is 20.9 Å². The Morgan fingerprint density at radius 3 is 2.61 bits per heavy atom. The molecule has 2 atom stereocenters. The zero-order valence-corrected chi connectivity index (χ0v) is 21.1. The third-order valence-corrected chi connectivity index (χ3v) is 7.97. The molecule has 1 aliphatic heterocycles. The van der Waals surface area contributed by atoms with E-state index in [9.17, 15) is 14.4 Å². The molecule has 9 nitrogen and oxygen atoms in total. The highest BCUT2D eigenvalue weighted by molar-refractivity contribution is 7.21. The van der Waals surface area contributed by atoms with Crippen molar-refractivity contribution in [1.29, 1.82) is 0 Å². The number of thiophene rings is 1. The number of hydrogen-bond donors (Lipinski definition) is 3. The predicted octanol–water partition coefficient (Wildman–Crippen LogP) is 5.00. The fourth-order valence-corrected chi connectivity index (χ4v) is 6.13. The van der Waals surface area contributed by atoms with E-state index < -0.39 is 0 Å². The molecule has 0 spiro atoms. The van der Waals surface area contributed by atoms with E-state index in [0.717, 1.165) is 30.5 Å². The van der Waals surface area contributed by atoms with E-state index in [-0.39, 0.29) is 29.9 Å². The number of nitrogens with one attached hydrogen (secondary N) is 3. The highest BCUT2D eigenvalue weighted by Crippen LogP contribution is 2.46. The van der Waals surface area contributed by atoms with Crippen LogP contribution in [0.1, 0.15) is 28.9 Å². The monoisotopic (exact) mass is 524 g/mol. The summed E-state index contributed by atoms with van der Waals surface area (Å²) in [5, 5.41) is 9.60. The standard InChI is InChI=1S/C28H24N6O3S/c1-2-22(35)31-18-9-6-10-19(18)32-26(36)25-24-23-21(12-14-30-27(23)38-25)34(28(37)33-24)17-11-13-29-20(15-17)16-7-4-3-5-8-16/h2-5,7-8,11-15,18-19H,1,6,9-10H2,(H,31,35)(H,32,36)(H,33,37)/t18-,19?/m1/s1. The molecule has 0 saturated heterocycles. The fourth-order valence-electron chi connectivity index (χ4n) is 5.11. The summed E-state index contributed by atoms with van der Waals surface area (Å²) in [6.45, 7) is 3.50. The lowest BCUT2D eigenvalue weighted by Crippen LogP contribution is -2.48. The van der Waals surface area contributed by atoms with E-state index in [1.165, 1.54) is 17.4 Å². The molecule has 1 fully saturated rings. The molecule has 6 rings (SSSR count). The van der Waals surface area contributed by atoms with Crippen LogP contribution in [0.5, 0.6) is 0 Å². The van der Waals surface area contributed by atoms with Gasteiger partial charge in [0.1, 0.15) is 9.71 Å². The Bertz CT molecular complexity index is 1580. The topological polar surface area (TPSA) is 116 Å². The Labute approximate surface area is 222 Å². The first-order valence-corrected chi connectivity index (χ1v) is 13.1. The fraction of sp³-hybridized carbons (Fsp3) is 0.179. The lowest BCUT2D eigenvalue weighted by atomic mass is 10.1. The number of urea groups is 1. The number of amides is 4. The van der Waals surface area contributed by atoms with Crippen molar-refractivity contribution in [3.05, 3.63) is 78.5 Å². The van der Waals surface area contributed by atoms with Gasteiger partial charge in [-0.05, 0) is 43.5 Å². The molecular weight excluding hydrogens is 500 g/mol. The van der Waals surface area contributed by atoms with Crippen molar-refractivity contribution >= 4 is 56.5 Å². The molecule has 4 heterocycles. The van der Waals surface area contributed by atoms with E-state index in [2.05, 4.69) is 32.5 Å². The van der Waals surface area contributed by atoms with Crippen LogP contribution >= 0.6 is 11.3 Å². The van der Waals surface area contributed by atoms with E-state index in [1.54, 1.807) is 29.4 Å². The van der Waals surface area contributed by atoms with Crippen LogP contribution in [0.3, 0.4) is 0 Å². The van der Waals surface area contributed by atoms with Gasteiger partial charge in [-0.1, -0.05) is 36.9 Å². The number of carbonyl (C=O) groups is 3. The summed E-state index contributed by atoms with van der Waals surface area (Å²) >= 11 is 1.23. The maximum absolute atomic E-state index is 13.5. The van der Waals surface area contributed by atoms with Gasteiger partial charge >= 0.3 is 6.03 Å². The summed E-state index contributed by atoms with van der Waals surface area (Å²) in [4.78, 5) is 50.3. The lowest BCUT2D eigenvalue weighted by molar-refractivity contribution is -0.117. The first kappa shape index (κ1) is 23.8. The second kappa shape index (κ2) is 9.71. The first-order chi connectivity index (χ1) is 18.5. The number of aromatic nitrogens is 2. The summed E-state index contributed by atoms with van der Waals surface area (Å²) in [6.07, 6.45) is 6.96. The summed E-state index contributed by atoms with van der Waals surface area (Å²) in [5.41, 5.74) is 3.43. The number of pyridine rings is 2. The Balaban J connectivity index is 1.34. The van der Waals surface area contributed by atoms with Crippen molar-refractivity contribution in [2.45, 2.75) is 31.3 Å². The van der Waals surface area contributed by atoms with Crippen LogP contribution in [-0.2, 0) is 4.79 Å². The quantitative estimate of drug-likeness (QED) is 0.307. The van der Waals surface area contributed by atoms with Crippen molar-refractivity contribution in [1.82, 2.24) is 20.6 Å². The highest BCUT2D eigenvalue weighted by atomic mass is 32.1. The normalized spacial score (nSPS) is 18.2. The molecule has 4 aromatic rings. The third kappa shape index (κ3) is 4.18. The summed E-state index contributed by atoms with van der Waals surface area (Å²) in [7, 11) is 0. The van der Waals surface area contributed by atoms with E-state index in [4.69, 9.17) is 0 Å². The number of anilines is 3. The minimum atomic E-state index is -0.375. The Kier molecular flexibility index (Phi) is 6.09. The van der Waals surface area contributed by atoms with Gasteiger partial charge in [-0.3, -0.25) is 19.5 Å². The van der Waals surface area contributed by atoms with Gasteiger partial charge in [-0.25, -0.2) is 9.78 Å². The summed E-state index contributed by atoms with van der Waals surface area (Å²) in [5.74, 6) is -0.566. The van der Waals surface area contributed by atoms with Crippen molar-refractivity contribution in [3.8, 4) is 11.3 Å². The van der Waals surface area contributed by atoms with Crippen molar-refractivity contribution in [3.63, 3.8) is 0 Å². The molecule has 1 aliphatic carbocycles. The average Bonchev–Trinajstić information content (AvgIpc) is 3.54. The molecule has 1 saturated carbocycles. The second-order valence-corrected chi connectivity index (χ2v) is 10.2. The lowest BCUT2D eigenvalue weighted by Gasteiger charge is -2.28. The molecule has 1 aromatic carbocycles. The molecule has 38 heavy (non-hydrogen) atoms. The van der Waals surface area contributed by atoms with Gasteiger partial charge in [0.25, 0.3) is 5.91 Å². The van der Waals surface area contributed by atoms with Crippen molar-refractivity contribution < 1.29 is 14.4 Å². The number of hydrogen-bond acceptors (Lipinski definition) is 6. The van der Waals surface area contributed by atoms with Crippen LogP contribution in [0.2, 0.25) is 0 Å². The molecule has 3 aromatic heterocycles. The Morgan fingerprint density at radius 1 is 1.05 bits per heavy atom.